The Bertz CT molecular complexity index is 457. The van der Waals surface area contributed by atoms with Gasteiger partial charge in [-0.3, -0.25) is 4.79 Å². The van der Waals surface area contributed by atoms with Crippen molar-refractivity contribution in [2.45, 2.75) is 6.42 Å². The van der Waals surface area contributed by atoms with Crippen molar-refractivity contribution >= 4 is 17.3 Å². The minimum absolute atomic E-state index is 0.0137. The molecule has 0 unspecified atom stereocenters. The van der Waals surface area contributed by atoms with E-state index in [-0.39, 0.29) is 5.91 Å². The maximum Gasteiger partial charge on any atom is 0.255 e. The molecular formula is C15H26N4O. The van der Waals surface area contributed by atoms with Crippen LogP contribution in [0.25, 0.3) is 0 Å². The summed E-state index contributed by atoms with van der Waals surface area (Å²) in [6.45, 7) is 1.70. The summed E-state index contributed by atoms with van der Waals surface area (Å²) in [5.74, 6) is 0.0137. The molecule has 5 heteroatoms. The van der Waals surface area contributed by atoms with E-state index in [0.717, 1.165) is 25.2 Å². The second-order valence-electron chi connectivity index (χ2n) is 5.55. The second kappa shape index (κ2) is 7.14. The van der Waals surface area contributed by atoms with Crippen LogP contribution in [-0.2, 0) is 0 Å². The zero-order chi connectivity index (χ0) is 15.3. The minimum Gasteiger partial charge on any atom is -0.399 e. The molecule has 1 aromatic rings. The largest absolute Gasteiger partial charge is 0.399 e. The predicted octanol–water partition coefficient (Wildman–Crippen LogP) is 1.36. The van der Waals surface area contributed by atoms with Crippen molar-refractivity contribution in [2.75, 3.05) is 59.0 Å². The van der Waals surface area contributed by atoms with E-state index in [9.17, 15) is 4.79 Å². The molecule has 0 aliphatic carbocycles. The van der Waals surface area contributed by atoms with Gasteiger partial charge in [-0.05, 0) is 45.3 Å². The van der Waals surface area contributed by atoms with E-state index in [1.165, 1.54) is 0 Å². The maximum absolute atomic E-state index is 12.5. The fourth-order valence-electron chi connectivity index (χ4n) is 2.05. The summed E-state index contributed by atoms with van der Waals surface area (Å²) in [6, 6.07) is 5.45. The van der Waals surface area contributed by atoms with Gasteiger partial charge in [-0.15, -0.1) is 0 Å². The number of nitrogen functional groups attached to an aromatic ring is 1. The van der Waals surface area contributed by atoms with Crippen molar-refractivity contribution in [3.05, 3.63) is 23.8 Å². The first-order chi connectivity index (χ1) is 9.32. The first kappa shape index (κ1) is 16.3. The number of amides is 1. The number of hydrogen-bond donors (Lipinski definition) is 1. The maximum atomic E-state index is 12.5. The monoisotopic (exact) mass is 278 g/mol. The number of nitrogens with zero attached hydrogens (tertiary/aromatic N) is 3. The number of hydrogen-bond acceptors (Lipinski definition) is 4. The summed E-state index contributed by atoms with van der Waals surface area (Å²) < 4.78 is 0. The Balaban J connectivity index is 2.82. The summed E-state index contributed by atoms with van der Waals surface area (Å²) in [5, 5.41) is 0. The molecule has 0 spiro atoms. The van der Waals surface area contributed by atoms with Crippen LogP contribution in [0.15, 0.2) is 18.2 Å². The second-order valence-corrected chi connectivity index (χ2v) is 5.55. The molecule has 1 aromatic carbocycles. The van der Waals surface area contributed by atoms with Crippen LogP contribution in [0.1, 0.15) is 16.8 Å². The molecule has 1 rings (SSSR count). The van der Waals surface area contributed by atoms with E-state index >= 15 is 0 Å². The van der Waals surface area contributed by atoms with Gasteiger partial charge in [-0.2, -0.15) is 0 Å². The van der Waals surface area contributed by atoms with Crippen molar-refractivity contribution in [1.82, 2.24) is 9.80 Å². The topological polar surface area (TPSA) is 52.8 Å². The van der Waals surface area contributed by atoms with E-state index in [1.54, 1.807) is 11.0 Å². The highest BCUT2D eigenvalue weighted by molar-refractivity contribution is 6.00. The number of benzene rings is 1. The summed E-state index contributed by atoms with van der Waals surface area (Å²) in [5.41, 5.74) is 7.97. The fraction of sp³-hybridized carbons (Fsp3) is 0.533. The van der Waals surface area contributed by atoms with Gasteiger partial charge in [0.05, 0.1) is 5.56 Å². The lowest BCUT2D eigenvalue weighted by Gasteiger charge is -2.23. The number of rotatable bonds is 6. The van der Waals surface area contributed by atoms with Crippen LogP contribution in [0.3, 0.4) is 0 Å². The molecule has 0 saturated heterocycles. The smallest absolute Gasteiger partial charge is 0.255 e. The summed E-state index contributed by atoms with van der Waals surface area (Å²) in [6.07, 6.45) is 0.953. The third-order valence-electron chi connectivity index (χ3n) is 3.18. The third-order valence-corrected chi connectivity index (χ3v) is 3.18. The molecule has 20 heavy (non-hydrogen) atoms. The third kappa shape index (κ3) is 4.42. The van der Waals surface area contributed by atoms with Gasteiger partial charge in [0, 0.05) is 39.1 Å². The van der Waals surface area contributed by atoms with Gasteiger partial charge in [-0.25, -0.2) is 0 Å². The van der Waals surface area contributed by atoms with Gasteiger partial charge in [0.25, 0.3) is 5.91 Å². The Kier molecular flexibility index (Phi) is 5.82. The molecule has 5 nitrogen and oxygen atoms in total. The van der Waals surface area contributed by atoms with E-state index in [4.69, 9.17) is 5.73 Å². The lowest BCUT2D eigenvalue weighted by Crippen LogP contribution is -2.31. The van der Waals surface area contributed by atoms with Gasteiger partial charge in [0.1, 0.15) is 0 Å². The molecule has 0 bridgehead atoms. The molecule has 112 valence electrons. The average molecular weight is 278 g/mol. The van der Waals surface area contributed by atoms with Gasteiger partial charge >= 0.3 is 0 Å². The Morgan fingerprint density at radius 2 is 1.75 bits per heavy atom. The van der Waals surface area contributed by atoms with E-state index in [2.05, 4.69) is 4.90 Å². The van der Waals surface area contributed by atoms with Crippen molar-refractivity contribution < 1.29 is 4.79 Å². The van der Waals surface area contributed by atoms with Crippen LogP contribution in [0.2, 0.25) is 0 Å². The number of carbonyl (C=O) groups excluding carboxylic acids is 1. The fourth-order valence-corrected chi connectivity index (χ4v) is 2.05. The van der Waals surface area contributed by atoms with E-state index in [1.807, 2.05) is 52.3 Å². The van der Waals surface area contributed by atoms with Gasteiger partial charge in [0.15, 0.2) is 0 Å². The summed E-state index contributed by atoms with van der Waals surface area (Å²) >= 11 is 0. The quantitative estimate of drug-likeness (QED) is 0.798. The average Bonchev–Trinajstić information content (AvgIpc) is 2.36. The zero-order valence-corrected chi connectivity index (χ0v) is 13.2. The predicted molar refractivity (Wildman–Crippen MR) is 85.3 cm³/mol. The van der Waals surface area contributed by atoms with Crippen LogP contribution in [-0.4, -0.2) is 64.0 Å². The number of nitrogens with two attached hydrogens (primary N) is 1. The molecule has 0 radical (unpaired) electrons. The van der Waals surface area contributed by atoms with Crippen LogP contribution >= 0.6 is 0 Å². The molecule has 1 amide bonds. The van der Waals surface area contributed by atoms with Crippen molar-refractivity contribution in [2.24, 2.45) is 0 Å². The van der Waals surface area contributed by atoms with Gasteiger partial charge < -0.3 is 20.4 Å². The van der Waals surface area contributed by atoms with Crippen LogP contribution in [0, 0.1) is 0 Å². The normalized spacial score (nSPS) is 10.7. The molecule has 0 saturated carbocycles. The molecule has 0 fully saturated rings. The first-order valence-corrected chi connectivity index (χ1v) is 6.80. The van der Waals surface area contributed by atoms with Crippen molar-refractivity contribution in [3.8, 4) is 0 Å². The van der Waals surface area contributed by atoms with Crippen molar-refractivity contribution in [1.29, 1.82) is 0 Å². The molecule has 0 heterocycles. The SMILES string of the molecule is CN(C)CCCN(C)C(=O)c1cc(N)ccc1N(C)C. The Labute approximate surface area is 121 Å². The lowest BCUT2D eigenvalue weighted by atomic mass is 10.1. The first-order valence-electron chi connectivity index (χ1n) is 6.80. The minimum atomic E-state index is 0.0137. The Morgan fingerprint density at radius 1 is 1.10 bits per heavy atom. The van der Waals surface area contributed by atoms with Crippen LogP contribution < -0.4 is 10.6 Å². The highest BCUT2D eigenvalue weighted by Gasteiger charge is 2.17. The standard InChI is InChI=1S/C15H26N4O/c1-17(2)9-6-10-19(5)15(20)13-11-12(16)7-8-14(13)18(3)4/h7-8,11H,6,9-10,16H2,1-5H3. The summed E-state index contributed by atoms with van der Waals surface area (Å²) in [4.78, 5) is 18.3. The molecule has 2 N–H and O–H groups in total. The van der Waals surface area contributed by atoms with Crippen molar-refractivity contribution in [3.63, 3.8) is 0 Å². The Morgan fingerprint density at radius 3 is 2.30 bits per heavy atom. The molecule has 0 aliphatic rings. The number of carbonyl (C=O) groups is 1. The highest BCUT2D eigenvalue weighted by atomic mass is 16.2. The molecule has 0 aliphatic heterocycles. The van der Waals surface area contributed by atoms with E-state index < -0.39 is 0 Å². The lowest BCUT2D eigenvalue weighted by molar-refractivity contribution is 0.0791. The zero-order valence-electron chi connectivity index (χ0n) is 13.2. The molecule has 0 aromatic heterocycles. The molecular weight excluding hydrogens is 252 g/mol. The Hall–Kier alpha value is -1.75. The highest BCUT2D eigenvalue weighted by Crippen LogP contribution is 2.22. The van der Waals surface area contributed by atoms with E-state index in [0.29, 0.717) is 11.3 Å². The van der Waals surface area contributed by atoms with Gasteiger partial charge in [-0.1, -0.05) is 0 Å². The van der Waals surface area contributed by atoms with Crippen LogP contribution in [0.5, 0.6) is 0 Å². The van der Waals surface area contributed by atoms with Gasteiger partial charge in [0.2, 0.25) is 0 Å². The summed E-state index contributed by atoms with van der Waals surface area (Å²) in [7, 11) is 9.75. The molecule has 0 atom stereocenters. The number of anilines is 2. The van der Waals surface area contributed by atoms with Crippen LogP contribution in [0.4, 0.5) is 11.4 Å².